The molecule has 0 spiro atoms. The standard InChI is InChI=1S/C18H38N4O6SSi/c1-13(11-20-22-19)15(28-30(9,10)18(5,6)7)14(12-26-29(8,24)25)21-16(23)27-17(2,3)4/h13-15H,11-12H2,1-10H3,(H,21,23)/t13-,14+,15?/m0/s1. The molecule has 0 bridgehead atoms. The number of rotatable bonds is 10. The lowest BCUT2D eigenvalue weighted by Crippen LogP contribution is -2.56. The molecule has 0 aliphatic rings. The summed E-state index contributed by atoms with van der Waals surface area (Å²) in [5.41, 5.74) is 7.98. The second-order valence-electron chi connectivity index (χ2n) is 9.97. The van der Waals surface area contributed by atoms with Crippen LogP contribution >= 0.6 is 0 Å². The minimum absolute atomic E-state index is 0.112. The van der Waals surface area contributed by atoms with Gasteiger partial charge in [-0.1, -0.05) is 32.8 Å². The summed E-state index contributed by atoms with van der Waals surface area (Å²) in [6, 6.07) is -0.840. The Morgan fingerprint density at radius 2 is 1.73 bits per heavy atom. The maximum Gasteiger partial charge on any atom is 0.408 e. The number of alkyl carbamates (subject to hydrolysis) is 1. The normalized spacial score (nSPS) is 16.2. The molecule has 30 heavy (non-hydrogen) atoms. The molecule has 10 nitrogen and oxygen atoms in total. The van der Waals surface area contributed by atoms with E-state index in [1.807, 2.05) is 20.0 Å². The number of nitrogens with zero attached hydrogens (tertiary/aromatic N) is 3. The predicted molar refractivity (Wildman–Crippen MR) is 119 cm³/mol. The van der Waals surface area contributed by atoms with Gasteiger partial charge in [0.1, 0.15) is 5.60 Å². The van der Waals surface area contributed by atoms with Crippen molar-refractivity contribution >= 4 is 24.5 Å². The quantitative estimate of drug-likeness (QED) is 0.168. The fraction of sp³-hybridized carbons (Fsp3) is 0.944. The van der Waals surface area contributed by atoms with Crippen LogP contribution in [0, 0.1) is 5.92 Å². The fourth-order valence-electron chi connectivity index (χ4n) is 2.26. The van der Waals surface area contributed by atoms with Crippen molar-refractivity contribution in [1.82, 2.24) is 5.32 Å². The third kappa shape index (κ3) is 11.2. The highest BCUT2D eigenvalue weighted by molar-refractivity contribution is 7.85. The molecule has 0 fully saturated rings. The van der Waals surface area contributed by atoms with Gasteiger partial charge in [-0.25, -0.2) is 4.79 Å². The van der Waals surface area contributed by atoms with E-state index >= 15 is 0 Å². The van der Waals surface area contributed by atoms with Gasteiger partial charge in [-0.2, -0.15) is 8.42 Å². The highest BCUT2D eigenvalue weighted by Gasteiger charge is 2.43. The Bertz CT molecular complexity index is 724. The first-order chi connectivity index (χ1) is 13.3. The lowest BCUT2D eigenvalue weighted by molar-refractivity contribution is 0.0305. The van der Waals surface area contributed by atoms with E-state index in [1.54, 1.807) is 20.8 Å². The zero-order valence-corrected chi connectivity index (χ0v) is 21.7. The predicted octanol–water partition coefficient (Wildman–Crippen LogP) is 4.19. The van der Waals surface area contributed by atoms with Crippen LogP contribution in [0.4, 0.5) is 4.79 Å². The molecule has 0 radical (unpaired) electrons. The summed E-state index contributed by atoms with van der Waals surface area (Å²) in [6.45, 7) is 17.1. The molecular formula is C18H38N4O6SSi. The molecule has 0 aromatic rings. The van der Waals surface area contributed by atoms with Gasteiger partial charge in [0.05, 0.1) is 25.0 Å². The number of nitrogens with one attached hydrogen (secondary N) is 1. The number of amides is 1. The molecule has 1 amide bonds. The monoisotopic (exact) mass is 466 g/mol. The van der Waals surface area contributed by atoms with Gasteiger partial charge in [0.25, 0.3) is 10.1 Å². The molecule has 0 saturated carbocycles. The number of azide groups is 1. The molecule has 1 N–H and O–H groups in total. The Morgan fingerprint density at radius 3 is 2.13 bits per heavy atom. The Morgan fingerprint density at radius 1 is 1.20 bits per heavy atom. The van der Waals surface area contributed by atoms with E-state index < -0.39 is 42.3 Å². The molecule has 0 heterocycles. The Kier molecular flexibility index (Phi) is 10.3. The molecular weight excluding hydrogens is 428 g/mol. The van der Waals surface area contributed by atoms with Crippen molar-refractivity contribution in [2.24, 2.45) is 11.0 Å². The van der Waals surface area contributed by atoms with Gasteiger partial charge in [-0.3, -0.25) is 4.18 Å². The first-order valence-electron chi connectivity index (χ1n) is 9.81. The van der Waals surface area contributed by atoms with E-state index in [0.717, 1.165) is 6.26 Å². The zero-order chi connectivity index (χ0) is 24.0. The van der Waals surface area contributed by atoms with Crippen molar-refractivity contribution in [3.8, 4) is 0 Å². The van der Waals surface area contributed by atoms with Crippen molar-refractivity contribution in [2.75, 3.05) is 19.4 Å². The minimum Gasteiger partial charge on any atom is -0.444 e. The molecule has 0 aliphatic heterocycles. The molecule has 176 valence electrons. The van der Waals surface area contributed by atoms with Crippen molar-refractivity contribution in [1.29, 1.82) is 0 Å². The number of hydrogen-bond donors (Lipinski definition) is 1. The van der Waals surface area contributed by atoms with Crippen LogP contribution in [0.3, 0.4) is 0 Å². The van der Waals surface area contributed by atoms with Gasteiger partial charge >= 0.3 is 6.09 Å². The van der Waals surface area contributed by atoms with E-state index in [-0.39, 0.29) is 24.1 Å². The molecule has 0 aromatic heterocycles. The van der Waals surface area contributed by atoms with Gasteiger partial charge in [0.2, 0.25) is 0 Å². The summed E-state index contributed by atoms with van der Waals surface area (Å²) in [4.78, 5) is 15.2. The minimum atomic E-state index is -3.76. The average molecular weight is 467 g/mol. The lowest BCUT2D eigenvalue weighted by Gasteiger charge is -2.43. The van der Waals surface area contributed by atoms with Crippen LogP contribution in [-0.2, 0) is 23.5 Å². The summed E-state index contributed by atoms with van der Waals surface area (Å²) >= 11 is 0. The van der Waals surface area contributed by atoms with Crippen LogP contribution < -0.4 is 5.32 Å². The highest BCUT2D eigenvalue weighted by Crippen LogP contribution is 2.38. The van der Waals surface area contributed by atoms with Gasteiger partial charge in [0, 0.05) is 11.5 Å². The number of carbonyl (C=O) groups is 1. The van der Waals surface area contributed by atoms with Crippen molar-refractivity contribution in [3.63, 3.8) is 0 Å². The second-order valence-corrected chi connectivity index (χ2v) is 16.4. The van der Waals surface area contributed by atoms with E-state index in [4.69, 9.17) is 18.9 Å². The maximum atomic E-state index is 12.4. The number of carbonyl (C=O) groups excluding carboxylic acids is 1. The molecule has 1 unspecified atom stereocenters. The topological polar surface area (TPSA) is 140 Å². The van der Waals surface area contributed by atoms with Crippen LogP contribution in [0.5, 0.6) is 0 Å². The summed E-state index contributed by atoms with van der Waals surface area (Å²) in [5, 5.41) is 6.18. The number of hydrogen-bond acceptors (Lipinski definition) is 7. The largest absolute Gasteiger partial charge is 0.444 e. The van der Waals surface area contributed by atoms with E-state index in [0.29, 0.717) is 0 Å². The molecule has 0 aromatic carbocycles. The first kappa shape index (κ1) is 28.7. The molecule has 0 aliphatic carbocycles. The second kappa shape index (κ2) is 10.8. The van der Waals surface area contributed by atoms with Gasteiger partial charge in [-0.05, 0) is 50.4 Å². The Hall–Kier alpha value is -1.33. The fourth-order valence-corrected chi connectivity index (χ4v) is 4.08. The van der Waals surface area contributed by atoms with Crippen LogP contribution in [0.2, 0.25) is 18.1 Å². The lowest BCUT2D eigenvalue weighted by atomic mass is 9.98. The Balaban J connectivity index is 6.00. The first-order valence-corrected chi connectivity index (χ1v) is 14.5. The van der Waals surface area contributed by atoms with Gasteiger partial charge in [0.15, 0.2) is 8.32 Å². The SMILES string of the molecule is C[C@@H](CN=[N+]=[N-])C(O[Si](C)(C)C(C)(C)C)[C@@H](COS(C)(=O)=O)NC(=O)OC(C)(C)C. The molecule has 12 heteroatoms. The molecule has 0 saturated heterocycles. The summed E-state index contributed by atoms with van der Waals surface area (Å²) in [7, 11) is -6.09. The maximum absolute atomic E-state index is 12.4. The summed E-state index contributed by atoms with van der Waals surface area (Å²) in [5.74, 6) is -0.321. The van der Waals surface area contributed by atoms with E-state index in [2.05, 4.69) is 36.1 Å². The van der Waals surface area contributed by atoms with Crippen molar-refractivity contribution < 1.29 is 26.6 Å². The van der Waals surface area contributed by atoms with E-state index in [1.165, 1.54) is 0 Å². The van der Waals surface area contributed by atoms with Crippen molar-refractivity contribution in [2.45, 2.75) is 84.3 Å². The third-order valence-electron chi connectivity index (χ3n) is 4.79. The highest BCUT2D eigenvalue weighted by atomic mass is 32.2. The van der Waals surface area contributed by atoms with E-state index in [9.17, 15) is 13.2 Å². The average Bonchev–Trinajstić information content (AvgIpc) is 2.50. The third-order valence-corrected chi connectivity index (χ3v) is 9.83. The van der Waals surface area contributed by atoms with Gasteiger partial charge in [-0.15, -0.1) is 0 Å². The van der Waals surface area contributed by atoms with Crippen LogP contribution in [0.1, 0.15) is 48.5 Å². The summed E-state index contributed by atoms with van der Waals surface area (Å²) < 4.78 is 40.0. The number of ether oxygens (including phenoxy) is 1. The van der Waals surface area contributed by atoms with Crippen LogP contribution in [0.15, 0.2) is 5.11 Å². The summed E-state index contributed by atoms with van der Waals surface area (Å²) in [6.07, 6.45) is -0.444. The smallest absolute Gasteiger partial charge is 0.408 e. The molecule has 0 rings (SSSR count). The molecule has 3 atom stereocenters. The van der Waals surface area contributed by atoms with Crippen LogP contribution in [0.25, 0.3) is 10.4 Å². The van der Waals surface area contributed by atoms with Crippen molar-refractivity contribution in [3.05, 3.63) is 10.4 Å². The zero-order valence-electron chi connectivity index (χ0n) is 19.8. The van der Waals surface area contributed by atoms with Crippen LogP contribution in [-0.4, -0.2) is 60.0 Å². The van der Waals surface area contributed by atoms with Gasteiger partial charge < -0.3 is 14.5 Å². The Labute approximate surface area is 181 Å².